The number of nitrogens with zero attached hydrogens (tertiary/aromatic N) is 2. The Bertz CT molecular complexity index is 1430. The number of Topliss-reactive ketones (excluding diaryl/α,β-unsaturated/α-hetero) is 1. The van der Waals surface area contributed by atoms with Crippen molar-refractivity contribution < 1.29 is 19.1 Å². The quantitative estimate of drug-likeness (QED) is 0.355. The van der Waals surface area contributed by atoms with E-state index in [0.717, 1.165) is 61.8 Å². The predicted molar refractivity (Wildman–Crippen MR) is 170 cm³/mol. The summed E-state index contributed by atoms with van der Waals surface area (Å²) in [4.78, 5) is 49.0. The van der Waals surface area contributed by atoms with Crippen molar-refractivity contribution in [3.8, 4) is 0 Å². The molecule has 0 radical (unpaired) electrons. The van der Waals surface area contributed by atoms with Crippen molar-refractivity contribution in [2.24, 2.45) is 50.7 Å². The minimum absolute atomic E-state index is 0.0233. The number of allylic oxidation sites excluding steroid dienone is 1. The van der Waals surface area contributed by atoms with Crippen LogP contribution in [0.15, 0.2) is 23.4 Å². The van der Waals surface area contributed by atoms with Crippen molar-refractivity contribution in [3.63, 3.8) is 0 Å². The molecule has 7 heteroatoms. The summed E-state index contributed by atoms with van der Waals surface area (Å²) in [5.74, 6) is 1.45. The molecule has 3 unspecified atom stereocenters. The third-order valence-electron chi connectivity index (χ3n) is 14.1. The molecule has 0 spiro atoms. The molecule has 1 amide bonds. The van der Waals surface area contributed by atoms with Crippen LogP contribution in [0, 0.1) is 57.7 Å². The van der Waals surface area contributed by atoms with Gasteiger partial charge in [0.1, 0.15) is 6.10 Å². The van der Waals surface area contributed by atoms with E-state index in [1.165, 1.54) is 6.92 Å². The second kappa shape index (κ2) is 10.2. The van der Waals surface area contributed by atoms with Crippen molar-refractivity contribution in [2.45, 2.75) is 126 Å². The third-order valence-corrected chi connectivity index (χ3v) is 14.1. The van der Waals surface area contributed by atoms with E-state index < -0.39 is 5.41 Å². The van der Waals surface area contributed by atoms with Crippen molar-refractivity contribution in [3.05, 3.63) is 29.1 Å². The number of anilines is 1. The van der Waals surface area contributed by atoms with Gasteiger partial charge in [-0.1, -0.05) is 48.5 Å². The molecule has 0 aliphatic heterocycles. The molecule has 1 heterocycles. The number of rotatable bonds is 4. The molecule has 4 fully saturated rings. The average molecular weight is 604 g/mol. The third kappa shape index (κ3) is 4.22. The molecule has 0 saturated heterocycles. The number of ether oxygens (including phenoxy) is 1. The minimum Gasteiger partial charge on any atom is -0.462 e. The highest BCUT2D eigenvalue weighted by Crippen LogP contribution is 2.76. The second-order valence-corrected chi connectivity index (χ2v) is 16.7. The summed E-state index contributed by atoms with van der Waals surface area (Å²) >= 11 is 0. The Balaban J connectivity index is 1.39. The van der Waals surface area contributed by atoms with E-state index in [2.05, 4.69) is 63.8 Å². The molecule has 0 bridgehead atoms. The van der Waals surface area contributed by atoms with Gasteiger partial charge in [0.25, 0.3) is 0 Å². The molecule has 5 aliphatic rings. The van der Waals surface area contributed by atoms with Crippen LogP contribution in [-0.2, 0) is 19.1 Å². The number of nitrogens with one attached hydrogen (secondary N) is 1. The van der Waals surface area contributed by atoms with Crippen LogP contribution in [0.4, 0.5) is 5.95 Å². The van der Waals surface area contributed by atoms with Crippen LogP contribution < -0.4 is 5.32 Å². The summed E-state index contributed by atoms with van der Waals surface area (Å²) in [6, 6.07) is 1.82. The maximum absolute atomic E-state index is 14.3. The van der Waals surface area contributed by atoms with Crippen LogP contribution in [0.2, 0.25) is 0 Å². The summed E-state index contributed by atoms with van der Waals surface area (Å²) in [7, 11) is 0. The monoisotopic (exact) mass is 603 g/mol. The van der Waals surface area contributed by atoms with E-state index in [1.807, 2.05) is 13.0 Å². The molecule has 7 nitrogen and oxygen atoms in total. The minimum atomic E-state index is -0.831. The molecule has 4 saturated carbocycles. The summed E-state index contributed by atoms with van der Waals surface area (Å²) in [5, 5.41) is 3.05. The maximum atomic E-state index is 14.3. The highest BCUT2D eigenvalue weighted by molar-refractivity contribution is 6.09. The fourth-order valence-corrected chi connectivity index (χ4v) is 12.0. The highest BCUT2D eigenvalue weighted by atomic mass is 16.5. The summed E-state index contributed by atoms with van der Waals surface area (Å²) in [5.41, 5.74) is 2.14. The van der Waals surface area contributed by atoms with Gasteiger partial charge >= 0.3 is 5.97 Å². The van der Waals surface area contributed by atoms with E-state index in [9.17, 15) is 14.4 Å². The van der Waals surface area contributed by atoms with Crippen molar-refractivity contribution in [1.82, 2.24) is 9.97 Å². The first kappa shape index (κ1) is 31.4. The number of hydrogen-bond donors (Lipinski definition) is 1. The van der Waals surface area contributed by atoms with E-state index in [0.29, 0.717) is 24.2 Å². The zero-order chi connectivity index (χ0) is 32.0. The number of carbonyl (C=O) groups excluding carboxylic acids is 3. The van der Waals surface area contributed by atoms with Gasteiger partial charge in [0, 0.05) is 30.7 Å². The van der Waals surface area contributed by atoms with Crippen LogP contribution in [0.5, 0.6) is 0 Å². The average Bonchev–Trinajstić information content (AvgIpc) is 3.24. The molecule has 6 rings (SSSR count). The van der Waals surface area contributed by atoms with Crippen molar-refractivity contribution in [1.29, 1.82) is 0 Å². The number of ketones is 1. The highest BCUT2D eigenvalue weighted by Gasteiger charge is 2.71. The first-order valence-electron chi connectivity index (χ1n) is 17.1. The molecule has 44 heavy (non-hydrogen) atoms. The zero-order valence-electron chi connectivity index (χ0n) is 28.4. The standard InChI is InChI=1S/C37H53N3O4/c1-21(2)29-25(42)20-37(31(43)40-32-38-19-14-22(3)39-32)18-17-35(8)24(30(29)37)10-11-27-34(7)15-13-28(44-23(4)41)33(5,6)26(34)12-16-36(27,35)9/h14,19,21,24,26-28H,10-13,15-18,20H2,1-9H3,(H,38,39,40,43)/t24?,26?,27?,28-,34-,35+,36+,37+/m0/s1. The lowest BCUT2D eigenvalue weighted by molar-refractivity contribution is -0.232. The lowest BCUT2D eigenvalue weighted by Gasteiger charge is -2.72. The Morgan fingerprint density at radius 3 is 2.34 bits per heavy atom. The Morgan fingerprint density at radius 2 is 1.68 bits per heavy atom. The lowest BCUT2D eigenvalue weighted by Crippen LogP contribution is -2.66. The van der Waals surface area contributed by atoms with Crippen molar-refractivity contribution in [2.75, 3.05) is 5.32 Å². The first-order valence-corrected chi connectivity index (χ1v) is 17.1. The van der Waals surface area contributed by atoms with Gasteiger partial charge in [-0.25, -0.2) is 9.97 Å². The number of carbonyl (C=O) groups is 3. The molecule has 5 aliphatic carbocycles. The molecule has 8 atom stereocenters. The van der Waals surface area contributed by atoms with Crippen LogP contribution >= 0.6 is 0 Å². The molecular formula is C37H53N3O4. The number of aromatic nitrogens is 2. The van der Waals surface area contributed by atoms with Gasteiger partial charge in [-0.3, -0.25) is 19.7 Å². The smallest absolute Gasteiger partial charge is 0.302 e. The van der Waals surface area contributed by atoms with Gasteiger partial charge in [-0.15, -0.1) is 0 Å². The van der Waals surface area contributed by atoms with Gasteiger partial charge in [-0.05, 0) is 115 Å². The summed E-state index contributed by atoms with van der Waals surface area (Å²) in [6.45, 7) is 19.9. The number of fused-ring (bicyclic) bond motifs is 7. The largest absolute Gasteiger partial charge is 0.462 e. The summed E-state index contributed by atoms with van der Waals surface area (Å²) < 4.78 is 5.92. The van der Waals surface area contributed by atoms with E-state index in [4.69, 9.17) is 4.74 Å². The van der Waals surface area contributed by atoms with E-state index in [-0.39, 0.29) is 63.7 Å². The predicted octanol–water partition coefficient (Wildman–Crippen LogP) is 7.64. The van der Waals surface area contributed by atoms with E-state index in [1.54, 1.807) is 6.20 Å². The number of hydrogen-bond acceptors (Lipinski definition) is 6. The van der Waals surface area contributed by atoms with Crippen molar-refractivity contribution >= 4 is 23.6 Å². The van der Waals surface area contributed by atoms with Crippen LogP contribution in [0.25, 0.3) is 0 Å². The SMILES string of the molecule is CC(=O)O[C@H]1CC[C@@]2(C)C(CC[C@]3(C)C2CCC2C4=C(C(C)C)C(=O)C[C@]4(C(=O)Nc4nccc(C)n4)CC[C@]23C)C1(C)C. The second-order valence-electron chi connectivity index (χ2n) is 16.7. The van der Waals surface area contributed by atoms with E-state index >= 15 is 0 Å². The fraction of sp³-hybridized carbons (Fsp3) is 0.757. The molecule has 0 aromatic carbocycles. The number of aryl methyl sites for hydroxylation is 1. The molecular weight excluding hydrogens is 550 g/mol. The fourth-order valence-electron chi connectivity index (χ4n) is 12.0. The summed E-state index contributed by atoms with van der Waals surface area (Å²) in [6.07, 6.45) is 9.81. The Morgan fingerprint density at radius 1 is 0.955 bits per heavy atom. The maximum Gasteiger partial charge on any atom is 0.302 e. The zero-order valence-corrected chi connectivity index (χ0v) is 28.4. The number of esters is 1. The van der Waals surface area contributed by atoms with Gasteiger partial charge < -0.3 is 4.74 Å². The van der Waals surface area contributed by atoms with Gasteiger partial charge in [0.15, 0.2) is 5.78 Å². The van der Waals surface area contributed by atoms with Gasteiger partial charge in [0.05, 0.1) is 5.41 Å². The normalized spacial score (nSPS) is 40.9. The molecule has 1 aromatic heterocycles. The Hall–Kier alpha value is -2.57. The first-order chi connectivity index (χ1) is 20.5. The van der Waals surface area contributed by atoms with Gasteiger partial charge in [-0.2, -0.15) is 0 Å². The Labute approximate surface area is 263 Å². The molecule has 1 aromatic rings. The topological polar surface area (TPSA) is 98.2 Å². The molecule has 1 N–H and O–H groups in total. The Kier molecular flexibility index (Phi) is 7.30. The number of amides is 1. The molecule has 240 valence electrons. The van der Waals surface area contributed by atoms with Gasteiger partial charge in [0.2, 0.25) is 11.9 Å². The van der Waals surface area contributed by atoms with Crippen LogP contribution in [0.3, 0.4) is 0 Å². The van der Waals surface area contributed by atoms with Crippen LogP contribution in [-0.4, -0.2) is 33.7 Å². The van der Waals surface area contributed by atoms with Crippen LogP contribution in [0.1, 0.15) is 119 Å². The lowest BCUT2D eigenvalue weighted by atomic mass is 9.33.